The molecule has 1 atom stereocenters. The van der Waals surface area contributed by atoms with Gasteiger partial charge >= 0.3 is 0 Å². The molecule has 0 heterocycles. The summed E-state index contributed by atoms with van der Waals surface area (Å²) in [5.41, 5.74) is 2.75. The molecule has 0 bridgehead atoms. The molecule has 0 spiro atoms. The summed E-state index contributed by atoms with van der Waals surface area (Å²) >= 11 is 0. The summed E-state index contributed by atoms with van der Waals surface area (Å²) in [6.45, 7) is 3.93. The third kappa shape index (κ3) is 4.77. The summed E-state index contributed by atoms with van der Waals surface area (Å²) in [4.78, 5) is 0. The molecule has 0 saturated carbocycles. The Balaban J connectivity index is 2.00. The Bertz CT molecular complexity index is 682. The standard InChI is InChI=1S/C17H22N2O2S/c1-3-13-22(20,21)19-17-11-9-16(10-12-17)18-14(2)15-7-5-4-6-8-15/h4-12,14,18-19H,3,13H2,1-2H3. The Hall–Kier alpha value is -2.01. The predicted octanol–water partition coefficient (Wildman–Crippen LogP) is 4.01. The van der Waals surface area contributed by atoms with Gasteiger partial charge in [-0.1, -0.05) is 37.3 Å². The number of anilines is 2. The van der Waals surface area contributed by atoms with Crippen molar-refractivity contribution in [1.29, 1.82) is 0 Å². The Morgan fingerprint density at radius 2 is 1.55 bits per heavy atom. The smallest absolute Gasteiger partial charge is 0.232 e. The van der Waals surface area contributed by atoms with Crippen molar-refractivity contribution < 1.29 is 8.42 Å². The van der Waals surface area contributed by atoms with Crippen molar-refractivity contribution in [3.63, 3.8) is 0 Å². The van der Waals surface area contributed by atoms with Crippen LogP contribution in [0.4, 0.5) is 11.4 Å². The number of sulfonamides is 1. The maximum atomic E-state index is 11.7. The first-order valence-corrected chi connectivity index (χ1v) is 9.07. The molecule has 0 aromatic heterocycles. The molecular weight excluding hydrogens is 296 g/mol. The van der Waals surface area contributed by atoms with Gasteiger partial charge in [0.05, 0.1) is 5.75 Å². The normalized spacial score (nSPS) is 12.6. The highest BCUT2D eigenvalue weighted by Gasteiger charge is 2.09. The second kappa shape index (κ2) is 7.31. The van der Waals surface area contributed by atoms with E-state index in [1.807, 2.05) is 37.3 Å². The molecule has 0 fully saturated rings. The van der Waals surface area contributed by atoms with Crippen LogP contribution in [0.5, 0.6) is 0 Å². The summed E-state index contributed by atoms with van der Waals surface area (Å²) in [5, 5.41) is 3.40. The van der Waals surface area contributed by atoms with Crippen LogP contribution in [0.1, 0.15) is 31.9 Å². The molecule has 2 rings (SSSR count). The highest BCUT2D eigenvalue weighted by atomic mass is 32.2. The van der Waals surface area contributed by atoms with Crippen molar-refractivity contribution in [3.05, 3.63) is 60.2 Å². The van der Waals surface area contributed by atoms with Gasteiger partial charge in [-0.3, -0.25) is 4.72 Å². The summed E-state index contributed by atoms with van der Waals surface area (Å²) in [7, 11) is -3.23. The first-order valence-electron chi connectivity index (χ1n) is 7.42. The fourth-order valence-electron chi connectivity index (χ4n) is 2.21. The van der Waals surface area contributed by atoms with E-state index in [4.69, 9.17) is 0 Å². The largest absolute Gasteiger partial charge is 0.379 e. The zero-order chi connectivity index (χ0) is 16.0. The van der Waals surface area contributed by atoms with Crippen molar-refractivity contribution >= 4 is 21.4 Å². The third-order valence-corrected chi connectivity index (χ3v) is 4.81. The van der Waals surface area contributed by atoms with Crippen LogP contribution in [0.2, 0.25) is 0 Å². The summed E-state index contributed by atoms with van der Waals surface area (Å²) < 4.78 is 26.0. The third-order valence-electron chi connectivity index (χ3n) is 3.31. The molecule has 1 unspecified atom stereocenters. The second-order valence-corrected chi connectivity index (χ2v) is 7.12. The number of nitrogens with one attached hydrogen (secondary N) is 2. The lowest BCUT2D eigenvalue weighted by Crippen LogP contribution is -2.16. The number of benzene rings is 2. The molecule has 2 N–H and O–H groups in total. The Labute approximate surface area is 132 Å². The van der Waals surface area contributed by atoms with Gasteiger partial charge in [-0.25, -0.2) is 8.42 Å². The average Bonchev–Trinajstić information content (AvgIpc) is 2.49. The second-order valence-electron chi connectivity index (χ2n) is 5.27. The molecule has 5 heteroatoms. The highest BCUT2D eigenvalue weighted by molar-refractivity contribution is 7.92. The lowest BCUT2D eigenvalue weighted by Gasteiger charge is -2.16. The molecule has 0 saturated heterocycles. The molecule has 2 aromatic carbocycles. The molecule has 0 aliphatic rings. The molecular formula is C17H22N2O2S. The number of rotatable bonds is 7. The topological polar surface area (TPSA) is 58.2 Å². The van der Waals surface area contributed by atoms with Crippen LogP contribution >= 0.6 is 0 Å². The SMILES string of the molecule is CCCS(=O)(=O)Nc1ccc(NC(C)c2ccccc2)cc1. The fraction of sp³-hybridized carbons (Fsp3) is 0.294. The van der Waals surface area contributed by atoms with Crippen LogP contribution in [-0.2, 0) is 10.0 Å². The van der Waals surface area contributed by atoms with E-state index >= 15 is 0 Å². The maximum Gasteiger partial charge on any atom is 0.232 e. The van der Waals surface area contributed by atoms with Gasteiger partial charge in [0.25, 0.3) is 0 Å². The zero-order valence-electron chi connectivity index (χ0n) is 12.9. The fourth-order valence-corrected chi connectivity index (χ4v) is 3.34. The summed E-state index contributed by atoms with van der Waals surface area (Å²) in [6.07, 6.45) is 0.601. The van der Waals surface area contributed by atoms with E-state index < -0.39 is 10.0 Å². The Morgan fingerprint density at radius 3 is 2.14 bits per heavy atom. The molecule has 0 amide bonds. The van der Waals surface area contributed by atoms with Gasteiger partial charge in [0, 0.05) is 17.4 Å². The summed E-state index contributed by atoms with van der Waals surface area (Å²) in [5.74, 6) is 0.137. The van der Waals surface area contributed by atoms with Gasteiger partial charge in [0.2, 0.25) is 10.0 Å². The van der Waals surface area contributed by atoms with E-state index in [1.165, 1.54) is 5.56 Å². The lowest BCUT2D eigenvalue weighted by atomic mass is 10.1. The zero-order valence-corrected chi connectivity index (χ0v) is 13.7. The number of hydrogen-bond acceptors (Lipinski definition) is 3. The van der Waals surface area contributed by atoms with Crippen LogP contribution in [0.15, 0.2) is 54.6 Å². The Kier molecular flexibility index (Phi) is 5.44. The molecule has 0 radical (unpaired) electrons. The average molecular weight is 318 g/mol. The van der Waals surface area contributed by atoms with Crippen LogP contribution in [0.3, 0.4) is 0 Å². The van der Waals surface area contributed by atoms with Crippen molar-refractivity contribution in [2.75, 3.05) is 15.8 Å². The predicted molar refractivity (Wildman–Crippen MR) is 92.6 cm³/mol. The molecule has 2 aromatic rings. The molecule has 0 aliphatic carbocycles. The first-order chi connectivity index (χ1) is 10.5. The molecule has 4 nitrogen and oxygen atoms in total. The minimum atomic E-state index is -3.23. The van der Waals surface area contributed by atoms with E-state index in [9.17, 15) is 8.42 Å². The Morgan fingerprint density at radius 1 is 0.955 bits per heavy atom. The van der Waals surface area contributed by atoms with Gasteiger partial charge in [-0.2, -0.15) is 0 Å². The van der Waals surface area contributed by atoms with Crippen LogP contribution in [-0.4, -0.2) is 14.2 Å². The van der Waals surface area contributed by atoms with Crippen molar-refractivity contribution in [2.24, 2.45) is 0 Å². The highest BCUT2D eigenvalue weighted by Crippen LogP contribution is 2.21. The molecule has 22 heavy (non-hydrogen) atoms. The van der Waals surface area contributed by atoms with Crippen molar-refractivity contribution in [2.45, 2.75) is 26.3 Å². The van der Waals surface area contributed by atoms with E-state index in [0.717, 1.165) is 5.69 Å². The van der Waals surface area contributed by atoms with Gasteiger partial charge < -0.3 is 5.32 Å². The monoisotopic (exact) mass is 318 g/mol. The quantitative estimate of drug-likeness (QED) is 0.811. The molecule has 0 aliphatic heterocycles. The minimum absolute atomic E-state index is 0.137. The van der Waals surface area contributed by atoms with E-state index in [0.29, 0.717) is 12.1 Å². The van der Waals surface area contributed by atoms with E-state index in [2.05, 4.69) is 29.1 Å². The summed E-state index contributed by atoms with van der Waals surface area (Å²) in [6, 6.07) is 17.7. The van der Waals surface area contributed by atoms with Gasteiger partial charge in [-0.05, 0) is 43.2 Å². The number of hydrogen-bond donors (Lipinski definition) is 2. The van der Waals surface area contributed by atoms with Gasteiger partial charge in [0.1, 0.15) is 0 Å². The minimum Gasteiger partial charge on any atom is -0.379 e. The van der Waals surface area contributed by atoms with Gasteiger partial charge in [0.15, 0.2) is 0 Å². The van der Waals surface area contributed by atoms with Gasteiger partial charge in [-0.15, -0.1) is 0 Å². The van der Waals surface area contributed by atoms with Crippen LogP contribution in [0.25, 0.3) is 0 Å². The van der Waals surface area contributed by atoms with Crippen LogP contribution < -0.4 is 10.0 Å². The van der Waals surface area contributed by atoms with Crippen molar-refractivity contribution in [3.8, 4) is 0 Å². The first kappa shape index (κ1) is 16.4. The lowest BCUT2D eigenvalue weighted by molar-refractivity contribution is 0.600. The maximum absolute atomic E-state index is 11.7. The van der Waals surface area contributed by atoms with E-state index in [-0.39, 0.29) is 11.8 Å². The van der Waals surface area contributed by atoms with E-state index in [1.54, 1.807) is 12.1 Å². The van der Waals surface area contributed by atoms with Crippen LogP contribution in [0, 0.1) is 0 Å². The van der Waals surface area contributed by atoms with Crippen molar-refractivity contribution in [1.82, 2.24) is 0 Å². The molecule has 118 valence electrons.